The smallest absolute Gasteiger partial charge is 0.243 e. The first kappa shape index (κ1) is 23.7. The van der Waals surface area contributed by atoms with Crippen LogP contribution < -0.4 is 5.32 Å². The van der Waals surface area contributed by atoms with Crippen molar-refractivity contribution in [3.05, 3.63) is 70.3 Å². The fraction of sp³-hybridized carbons (Fsp3) is 0.462. The van der Waals surface area contributed by atoms with Crippen molar-refractivity contribution in [2.75, 3.05) is 0 Å². The van der Waals surface area contributed by atoms with E-state index in [9.17, 15) is 9.59 Å². The summed E-state index contributed by atoms with van der Waals surface area (Å²) in [6.45, 7) is 12.6. The fourth-order valence-corrected chi connectivity index (χ4v) is 3.82. The summed E-state index contributed by atoms with van der Waals surface area (Å²) in [4.78, 5) is 28.2. The zero-order valence-electron chi connectivity index (χ0n) is 19.3. The van der Waals surface area contributed by atoms with Crippen LogP contribution in [0.3, 0.4) is 0 Å². The molecule has 0 radical (unpaired) electrons. The highest BCUT2D eigenvalue weighted by Gasteiger charge is 2.29. The molecule has 0 fully saturated rings. The maximum atomic E-state index is 13.4. The average Bonchev–Trinajstić information content (AvgIpc) is 2.66. The summed E-state index contributed by atoms with van der Waals surface area (Å²) in [7, 11) is 0. The van der Waals surface area contributed by atoms with Crippen LogP contribution in [0.1, 0.15) is 61.4 Å². The first-order valence-electron chi connectivity index (χ1n) is 11.0. The highest BCUT2D eigenvalue weighted by molar-refractivity contribution is 5.88. The van der Waals surface area contributed by atoms with Crippen molar-refractivity contribution in [3.8, 4) is 0 Å². The van der Waals surface area contributed by atoms with Gasteiger partial charge < -0.3 is 10.2 Å². The maximum absolute atomic E-state index is 13.4. The molecule has 2 amide bonds. The summed E-state index contributed by atoms with van der Waals surface area (Å²) in [6.07, 6.45) is 1.73. The number of nitrogens with zero attached hydrogens (tertiary/aromatic N) is 1. The quantitative estimate of drug-likeness (QED) is 0.643. The lowest BCUT2D eigenvalue weighted by atomic mass is 10.0. The van der Waals surface area contributed by atoms with Gasteiger partial charge in [-0.15, -0.1) is 0 Å². The van der Waals surface area contributed by atoms with Crippen LogP contribution in [0.2, 0.25) is 0 Å². The molecule has 2 aromatic carbocycles. The van der Waals surface area contributed by atoms with E-state index in [4.69, 9.17) is 0 Å². The van der Waals surface area contributed by atoms with E-state index in [0.717, 1.165) is 34.2 Å². The van der Waals surface area contributed by atoms with Gasteiger partial charge in [0.25, 0.3) is 0 Å². The normalized spacial score (nSPS) is 12.9. The van der Waals surface area contributed by atoms with Crippen molar-refractivity contribution in [3.63, 3.8) is 0 Å². The van der Waals surface area contributed by atoms with Gasteiger partial charge in [-0.1, -0.05) is 73.0 Å². The Morgan fingerprint density at radius 3 is 2.10 bits per heavy atom. The average molecular weight is 409 g/mol. The lowest BCUT2D eigenvalue weighted by molar-refractivity contribution is -0.141. The molecule has 1 N–H and O–H groups in total. The number of hydrogen-bond donors (Lipinski definition) is 1. The number of nitrogens with one attached hydrogen (secondary N) is 1. The number of hydrogen-bond acceptors (Lipinski definition) is 2. The predicted octanol–water partition coefficient (Wildman–Crippen LogP) is 4.88. The molecule has 4 nitrogen and oxygen atoms in total. The second kappa shape index (κ2) is 11.0. The molecule has 162 valence electrons. The van der Waals surface area contributed by atoms with E-state index in [1.165, 1.54) is 0 Å². The zero-order chi connectivity index (χ0) is 22.3. The molecule has 30 heavy (non-hydrogen) atoms. The van der Waals surface area contributed by atoms with Gasteiger partial charge in [-0.05, 0) is 51.7 Å². The van der Waals surface area contributed by atoms with Gasteiger partial charge >= 0.3 is 0 Å². The van der Waals surface area contributed by atoms with Gasteiger partial charge in [-0.25, -0.2) is 0 Å². The van der Waals surface area contributed by atoms with Crippen molar-refractivity contribution in [1.29, 1.82) is 0 Å². The Hall–Kier alpha value is -2.62. The standard InChI is InChI=1S/C26H36N2O2/c1-7-21(6)27-26(30)24(8-2)28(17-22-11-9-10-18(3)13-22)25(29)16-23-14-19(4)12-20(5)15-23/h9-15,21,24H,7-8,16-17H2,1-6H3,(H,27,30)/t21-,24+/m1/s1. The van der Waals surface area contributed by atoms with Crippen LogP contribution in [0.15, 0.2) is 42.5 Å². The van der Waals surface area contributed by atoms with E-state index < -0.39 is 6.04 Å². The van der Waals surface area contributed by atoms with Gasteiger partial charge in [0.05, 0.1) is 6.42 Å². The van der Waals surface area contributed by atoms with Crippen molar-refractivity contribution in [1.82, 2.24) is 10.2 Å². The lowest BCUT2D eigenvalue weighted by Gasteiger charge is -2.31. The van der Waals surface area contributed by atoms with Crippen LogP contribution in [0.25, 0.3) is 0 Å². The Balaban J connectivity index is 2.32. The molecule has 0 aliphatic rings. The lowest BCUT2D eigenvalue weighted by Crippen LogP contribution is -2.51. The number of carbonyl (C=O) groups excluding carboxylic acids is 2. The van der Waals surface area contributed by atoms with Crippen LogP contribution in [-0.4, -0.2) is 28.8 Å². The number of rotatable bonds is 9. The molecular weight excluding hydrogens is 372 g/mol. The number of aryl methyl sites for hydroxylation is 3. The van der Waals surface area contributed by atoms with Crippen molar-refractivity contribution >= 4 is 11.8 Å². The monoisotopic (exact) mass is 408 g/mol. The fourth-order valence-electron chi connectivity index (χ4n) is 3.82. The molecule has 0 saturated carbocycles. The molecule has 0 unspecified atom stereocenters. The molecule has 2 rings (SSSR count). The predicted molar refractivity (Wildman–Crippen MR) is 123 cm³/mol. The van der Waals surface area contributed by atoms with E-state index in [-0.39, 0.29) is 17.9 Å². The maximum Gasteiger partial charge on any atom is 0.243 e. The summed E-state index contributed by atoms with van der Waals surface area (Å²) >= 11 is 0. The zero-order valence-corrected chi connectivity index (χ0v) is 19.3. The van der Waals surface area contributed by atoms with Crippen molar-refractivity contribution in [2.24, 2.45) is 0 Å². The van der Waals surface area contributed by atoms with Gasteiger partial charge in [0.15, 0.2) is 0 Å². The first-order chi connectivity index (χ1) is 14.2. The topological polar surface area (TPSA) is 49.4 Å². The Morgan fingerprint density at radius 1 is 0.900 bits per heavy atom. The third-order valence-corrected chi connectivity index (χ3v) is 5.46. The van der Waals surface area contributed by atoms with E-state index in [1.54, 1.807) is 4.90 Å². The number of benzene rings is 2. The number of amides is 2. The molecule has 0 spiro atoms. The van der Waals surface area contributed by atoms with E-state index in [0.29, 0.717) is 19.4 Å². The molecule has 0 heterocycles. The van der Waals surface area contributed by atoms with Gasteiger partial charge in [-0.2, -0.15) is 0 Å². The Kier molecular flexibility index (Phi) is 8.64. The van der Waals surface area contributed by atoms with E-state index in [1.807, 2.05) is 59.7 Å². The molecule has 2 aromatic rings. The van der Waals surface area contributed by atoms with Crippen LogP contribution in [0.4, 0.5) is 0 Å². The minimum Gasteiger partial charge on any atom is -0.352 e. The molecule has 2 atom stereocenters. The summed E-state index contributed by atoms with van der Waals surface area (Å²) in [5, 5.41) is 3.06. The highest BCUT2D eigenvalue weighted by atomic mass is 16.2. The summed E-state index contributed by atoms with van der Waals surface area (Å²) < 4.78 is 0. The third-order valence-electron chi connectivity index (χ3n) is 5.46. The second-order valence-electron chi connectivity index (χ2n) is 8.43. The Morgan fingerprint density at radius 2 is 1.53 bits per heavy atom. The number of carbonyl (C=O) groups is 2. The minimum absolute atomic E-state index is 0.0207. The second-order valence-corrected chi connectivity index (χ2v) is 8.43. The molecule has 0 saturated heterocycles. The van der Waals surface area contributed by atoms with Crippen molar-refractivity contribution < 1.29 is 9.59 Å². The first-order valence-corrected chi connectivity index (χ1v) is 11.0. The Labute approximate surface area is 181 Å². The summed E-state index contributed by atoms with van der Waals surface area (Å²) in [5.74, 6) is -0.0964. The van der Waals surface area contributed by atoms with Gasteiger partial charge in [0, 0.05) is 12.6 Å². The molecule has 4 heteroatoms. The Bertz CT molecular complexity index is 855. The summed E-state index contributed by atoms with van der Waals surface area (Å²) in [6, 6.07) is 13.9. The SMILES string of the molecule is CC[C@@H](C)NC(=O)[C@H](CC)N(Cc1cccc(C)c1)C(=O)Cc1cc(C)cc(C)c1. The van der Waals surface area contributed by atoms with Crippen molar-refractivity contribution in [2.45, 2.75) is 79.4 Å². The van der Waals surface area contributed by atoms with Crippen LogP contribution >= 0.6 is 0 Å². The van der Waals surface area contributed by atoms with E-state index in [2.05, 4.69) is 29.6 Å². The van der Waals surface area contributed by atoms with E-state index >= 15 is 0 Å². The van der Waals surface area contributed by atoms with Gasteiger partial charge in [-0.3, -0.25) is 9.59 Å². The van der Waals surface area contributed by atoms with Crippen LogP contribution in [0, 0.1) is 20.8 Å². The van der Waals surface area contributed by atoms with Gasteiger partial charge in [0.2, 0.25) is 11.8 Å². The van der Waals surface area contributed by atoms with Gasteiger partial charge in [0.1, 0.15) is 6.04 Å². The minimum atomic E-state index is -0.488. The largest absolute Gasteiger partial charge is 0.352 e. The molecule has 0 aliphatic carbocycles. The van der Waals surface area contributed by atoms with Crippen LogP contribution in [-0.2, 0) is 22.6 Å². The molecule has 0 aliphatic heterocycles. The third kappa shape index (κ3) is 6.72. The van der Waals surface area contributed by atoms with Crippen LogP contribution in [0.5, 0.6) is 0 Å². The summed E-state index contributed by atoms with van der Waals surface area (Å²) in [5.41, 5.74) is 5.46. The highest BCUT2D eigenvalue weighted by Crippen LogP contribution is 2.17. The molecule has 0 bridgehead atoms. The molecule has 0 aromatic heterocycles. The molecular formula is C26H36N2O2.